The Bertz CT molecular complexity index is 949. The van der Waals surface area contributed by atoms with Gasteiger partial charge < -0.3 is 14.8 Å². The number of carbonyl (C=O) groups is 2. The molecule has 0 radical (unpaired) electrons. The third-order valence-electron chi connectivity index (χ3n) is 3.70. The van der Waals surface area contributed by atoms with Crippen LogP contribution in [0.25, 0.3) is 10.8 Å². The quantitative estimate of drug-likeness (QED) is 0.577. The Kier molecular flexibility index (Phi) is 4.66. The standard InChI is InChI=1S/C20H17NO4/c1-13(22)25-19-12-15-8-4-3-7-14(15)11-16(19)20(23)21-17-9-5-6-10-18(17)24-2/h3-12H,1-2H3,(H,21,23). The molecule has 0 heterocycles. The lowest BCUT2D eigenvalue weighted by Crippen LogP contribution is -2.15. The predicted molar refractivity (Wildman–Crippen MR) is 96.2 cm³/mol. The summed E-state index contributed by atoms with van der Waals surface area (Å²) in [4.78, 5) is 24.2. The first-order valence-electron chi connectivity index (χ1n) is 7.74. The smallest absolute Gasteiger partial charge is 0.308 e. The van der Waals surface area contributed by atoms with Crippen LogP contribution in [0.1, 0.15) is 17.3 Å². The second-order valence-electron chi connectivity index (χ2n) is 5.44. The van der Waals surface area contributed by atoms with Gasteiger partial charge in [-0.15, -0.1) is 0 Å². The van der Waals surface area contributed by atoms with E-state index in [4.69, 9.17) is 9.47 Å². The molecule has 126 valence electrons. The maximum Gasteiger partial charge on any atom is 0.308 e. The van der Waals surface area contributed by atoms with Crippen LogP contribution in [-0.4, -0.2) is 19.0 Å². The lowest BCUT2D eigenvalue weighted by molar-refractivity contribution is -0.131. The van der Waals surface area contributed by atoms with Crippen LogP contribution in [0.4, 0.5) is 5.69 Å². The van der Waals surface area contributed by atoms with Crippen LogP contribution in [0, 0.1) is 0 Å². The van der Waals surface area contributed by atoms with Crippen molar-refractivity contribution in [2.45, 2.75) is 6.92 Å². The molecule has 1 amide bonds. The van der Waals surface area contributed by atoms with Crippen LogP contribution in [-0.2, 0) is 4.79 Å². The van der Waals surface area contributed by atoms with E-state index >= 15 is 0 Å². The number of fused-ring (bicyclic) bond motifs is 1. The molecule has 3 aromatic rings. The second kappa shape index (κ2) is 7.05. The molecule has 5 nitrogen and oxygen atoms in total. The minimum atomic E-state index is -0.485. The van der Waals surface area contributed by atoms with Crippen molar-refractivity contribution in [3.63, 3.8) is 0 Å². The highest BCUT2D eigenvalue weighted by Crippen LogP contribution is 2.29. The molecule has 5 heteroatoms. The maximum atomic E-state index is 12.8. The van der Waals surface area contributed by atoms with Crippen molar-refractivity contribution in [2.75, 3.05) is 12.4 Å². The van der Waals surface area contributed by atoms with Crippen molar-refractivity contribution < 1.29 is 19.1 Å². The van der Waals surface area contributed by atoms with Crippen LogP contribution in [0.5, 0.6) is 11.5 Å². The summed E-state index contributed by atoms with van der Waals surface area (Å²) in [6, 6.07) is 18.1. The van der Waals surface area contributed by atoms with Gasteiger partial charge in [0.2, 0.25) is 0 Å². The zero-order chi connectivity index (χ0) is 17.8. The topological polar surface area (TPSA) is 64.6 Å². The number of carbonyl (C=O) groups excluding carboxylic acids is 2. The molecular formula is C20H17NO4. The van der Waals surface area contributed by atoms with E-state index in [2.05, 4.69) is 5.32 Å². The normalized spacial score (nSPS) is 10.3. The summed E-state index contributed by atoms with van der Waals surface area (Å²) in [6.45, 7) is 1.30. The summed E-state index contributed by atoms with van der Waals surface area (Å²) < 4.78 is 10.5. The molecular weight excluding hydrogens is 318 g/mol. The molecule has 1 N–H and O–H groups in total. The molecule has 0 bridgehead atoms. The number of para-hydroxylation sites is 2. The van der Waals surface area contributed by atoms with Gasteiger partial charge in [0.15, 0.2) is 0 Å². The second-order valence-corrected chi connectivity index (χ2v) is 5.44. The fourth-order valence-corrected chi connectivity index (χ4v) is 2.57. The first-order chi connectivity index (χ1) is 12.1. The van der Waals surface area contributed by atoms with E-state index in [9.17, 15) is 9.59 Å². The largest absolute Gasteiger partial charge is 0.495 e. The molecule has 3 aromatic carbocycles. The summed E-state index contributed by atoms with van der Waals surface area (Å²) in [5, 5.41) is 4.56. The van der Waals surface area contributed by atoms with Gasteiger partial charge in [0.05, 0.1) is 18.4 Å². The van der Waals surface area contributed by atoms with Crippen LogP contribution in [0.3, 0.4) is 0 Å². The highest BCUT2D eigenvalue weighted by molar-refractivity contribution is 6.09. The van der Waals surface area contributed by atoms with Gasteiger partial charge in [-0.1, -0.05) is 36.4 Å². The van der Waals surface area contributed by atoms with Crippen LogP contribution < -0.4 is 14.8 Å². The lowest BCUT2D eigenvalue weighted by Gasteiger charge is -2.13. The number of hydrogen-bond donors (Lipinski definition) is 1. The molecule has 0 aliphatic heterocycles. The average Bonchev–Trinajstić information content (AvgIpc) is 2.61. The number of esters is 1. The van der Waals surface area contributed by atoms with E-state index in [0.29, 0.717) is 11.4 Å². The summed E-state index contributed by atoms with van der Waals surface area (Å²) in [5.41, 5.74) is 0.816. The number of methoxy groups -OCH3 is 1. The number of amides is 1. The van der Waals surface area contributed by atoms with E-state index in [1.807, 2.05) is 30.3 Å². The first-order valence-corrected chi connectivity index (χ1v) is 7.74. The Morgan fingerprint density at radius 1 is 0.880 bits per heavy atom. The maximum absolute atomic E-state index is 12.8. The molecule has 0 unspecified atom stereocenters. The third-order valence-corrected chi connectivity index (χ3v) is 3.70. The zero-order valence-electron chi connectivity index (χ0n) is 13.9. The summed E-state index contributed by atoms with van der Waals surface area (Å²) in [6.07, 6.45) is 0. The first kappa shape index (κ1) is 16.5. The molecule has 0 saturated carbocycles. The van der Waals surface area contributed by atoms with E-state index in [1.54, 1.807) is 30.3 Å². The van der Waals surface area contributed by atoms with Gasteiger partial charge in [-0.3, -0.25) is 9.59 Å². The molecule has 3 rings (SSSR count). The minimum absolute atomic E-state index is 0.221. The SMILES string of the molecule is COc1ccccc1NC(=O)c1cc2ccccc2cc1OC(C)=O. The van der Waals surface area contributed by atoms with Crippen LogP contribution >= 0.6 is 0 Å². The highest BCUT2D eigenvalue weighted by atomic mass is 16.5. The van der Waals surface area contributed by atoms with Crippen molar-refractivity contribution in [1.29, 1.82) is 0 Å². The Labute approximate surface area is 145 Å². The van der Waals surface area contributed by atoms with Crippen molar-refractivity contribution in [3.8, 4) is 11.5 Å². The van der Waals surface area contributed by atoms with Gasteiger partial charge in [0.1, 0.15) is 11.5 Å². The summed E-state index contributed by atoms with van der Waals surface area (Å²) in [7, 11) is 1.53. The third kappa shape index (κ3) is 3.61. The Balaban J connectivity index is 2.03. The number of anilines is 1. The number of benzene rings is 3. The van der Waals surface area contributed by atoms with Crippen molar-refractivity contribution in [1.82, 2.24) is 0 Å². The van der Waals surface area contributed by atoms with E-state index in [1.165, 1.54) is 14.0 Å². The number of hydrogen-bond acceptors (Lipinski definition) is 4. The van der Waals surface area contributed by atoms with Gasteiger partial charge in [0.25, 0.3) is 5.91 Å². The summed E-state index contributed by atoms with van der Waals surface area (Å²) in [5.74, 6) is -0.0996. The Hall–Kier alpha value is -3.34. The van der Waals surface area contributed by atoms with Crippen molar-refractivity contribution >= 4 is 28.3 Å². The molecule has 0 spiro atoms. The predicted octanol–water partition coefficient (Wildman–Crippen LogP) is 4.03. The molecule has 0 aliphatic carbocycles. The molecule has 0 aromatic heterocycles. The molecule has 0 atom stereocenters. The van der Waals surface area contributed by atoms with Gasteiger partial charge in [0, 0.05) is 6.92 Å². The van der Waals surface area contributed by atoms with Gasteiger partial charge in [-0.2, -0.15) is 0 Å². The number of nitrogens with one attached hydrogen (secondary N) is 1. The van der Waals surface area contributed by atoms with E-state index < -0.39 is 5.97 Å². The fourth-order valence-electron chi connectivity index (χ4n) is 2.57. The fraction of sp³-hybridized carbons (Fsp3) is 0.100. The lowest BCUT2D eigenvalue weighted by atomic mass is 10.1. The Morgan fingerprint density at radius 3 is 2.20 bits per heavy atom. The van der Waals surface area contributed by atoms with Gasteiger partial charge in [-0.25, -0.2) is 0 Å². The number of rotatable bonds is 4. The van der Waals surface area contributed by atoms with Crippen LogP contribution in [0.2, 0.25) is 0 Å². The number of ether oxygens (including phenoxy) is 2. The minimum Gasteiger partial charge on any atom is -0.495 e. The van der Waals surface area contributed by atoms with Crippen molar-refractivity contribution in [2.24, 2.45) is 0 Å². The molecule has 0 saturated heterocycles. The van der Waals surface area contributed by atoms with E-state index in [-0.39, 0.29) is 17.2 Å². The highest BCUT2D eigenvalue weighted by Gasteiger charge is 2.17. The molecule has 0 aliphatic rings. The Morgan fingerprint density at radius 2 is 1.52 bits per heavy atom. The summed E-state index contributed by atoms with van der Waals surface area (Å²) >= 11 is 0. The van der Waals surface area contributed by atoms with Gasteiger partial charge >= 0.3 is 5.97 Å². The van der Waals surface area contributed by atoms with E-state index in [0.717, 1.165) is 10.8 Å². The monoisotopic (exact) mass is 335 g/mol. The average molecular weight is 335 g/mol. The van der Waals surface area contributed by atoms with Crippen LogP contribution in [0.15, 0.2) is 60.7 Å². The zero-order valence-corrected chi connectivity index (χ0v) is 13.9. The van der Waals surface area contributed by atoms with Crippen molar-refractivity contribution in [3.05, 3.63) is 66.2 Å². The molecule has 0 fully saturated rings. The molecule has 25 heavy (non-hydrogen) atoms. The van der Waals surface area contributed by atoms with Gasteiger partial charge in [-0.05, 0) is 35.0 Å².